The molecule has 0 aliphatic heterocycles. The van der Waals surface area contributed by atoms with E-state index in [-0.39, 0.29) is 17.2 Å². The van der Waals surface area contributed by atoms with Crippen molar-refractivity contribution in [2.24, 2.45) is 5.92 Å². The van der Waals surface area contributed by atoms with Crippen molar-refractivity contribution in [3.05, 3.63) is 67.7 Å². The van der Waals surface area contributed by atoms with Crippen molar-refractivity contribution in [2.75, 3.05) is 0 Å². The van der Waals surface area contributed by atoms with E-state index in [0.717, 1.165) is 11.1 Å². The van der Waals surface area contributed by atoms with Crippen molar-refractivity contribution in [3.8, 4) is 0 Å². The number of hydrogen-bond acceptors (Lipinski definition) is 4. The second-order valence-electron chi connectivity index (χ2n) is 6.95. The molecule has 0 fully saturated rings. The van der Waals surface area contributed by atoms with E-state index >= 15 is 0 Å². The molecule has 4 rings (SSSR count). The van der Waals surface area contributed by atoms with Crippen LogP contribution in [0.15, 0.2) is 45.3 Å². The Hall–Kier alpha value is -2.67. The minimum atomic E-state index is -0.218. The van der Waals surface area contributed by atoms with E-state index < -0.39 is 0 Å². The minimum absolute atomic E-state index is 0.0794. The van der Waals surface area contributed by atoms with Crippen LogP contribution >= 0.6 is 11.3 Å². The molecule has 26 heavy (non-hydrogen) atoms. The summed E-state index contributed by atoms with van der Waals surface area (Å²) < 4.78 is 5.23. The highest BCUT2D eigenvalue weighted by Crippen LogP contribution is 2.18. The van der Waals surface area contributed by atoms with Gasteiger partial charge in [-0.25, -0.2) is 13.9 Å². The summed E-state index contributed by atoms with van der Waals surface area (Å²) in [4.78, 5) is 25.9. The molecular weight excluding hydrogens is 348 g/mol. The average molecular weight is 368 g/mol. The molecule has 0 saturated carbocycles. The van der Waals surface area contributed by atoms with Gasteiger partial charge in [0.15, 0.2) is 0 Å². The van der Waals surface area contributed by atoms with Gasteiger partial charge in [-0.3, -0.25) is 9.36 Å². The Labute approximate surface area is 153 Å². The van der Waals surface area contributed by atoms with Gasteiger partial charge in [-0.2, -0.15) is 0 Å². The molecule has 1 aromatic carbocycles. The fourth-order valence-electron chi connectivity index (χ4n) is 3.22. The van der Waals surface area contributed by atoms with Gasteiger partial charge in [-0.15, -0.1) is 16.4 Å². The maximum absolute atomic E-state index is 13.1. The summed E-state index contributed by atoms with van der Waals surface area (Å²) in [6.45, 7) is 7.02. The number of rotatable bonds is 4. The molecule has 0 spiro atoms. The molecule has 0 unspecified atom stereocenters. The Kier molecular flexibility index (Phi) is 4.03. The van der Waals surface area contributed by atoms with Crippen molar-refractivity contribution >= 4 is 27.3 Å². The number of thiophene rings is 1. The van der Waals surface area contributed by atoms with Gasteiger partial charge < -0.3 is 0 Å². The van der Waals surface area contributed by atoms with Crippen LogP contribution in [0, 0.1) is 12.8 Å². The molecule has 0 aliphatic carbocycles. The molecule has 3 aromatic heterocycles. The molecule has 0 atom stereocenters. The molecule has 0 saturated heterocycles. The van der Waals surface area contributed by atoms with E-state index in [1.54, 1.807) is 8.97 Å². The number of aryl methyl sites for hydroxylation is 1. The zero-order valence-corrected chi connectivity index (χ0v) is 15.8. The lowest BCUT2D eigenvalue weighted by molar-refractivity contribution is 0.516. The smallest absolute Gasteiger partial charge is 0.275 e. The fraction of sp³-hybridized carbons (Fsp3) is 0.316. The Morgan fingerprint density at radius 3 is 2.65 bits per heavy atom. The van der Waals surface area contributed by atoms with Crippen LogP contribution in [0.1, 0.15) is 25.0 Å². The first-order valence-electron chi connectivity index (χ1n) is 8.61. The van der Waals surface area contributed by atoms with Gasteiger partial charge in [0.1, 0.15) is 4.70 Å². The van der Waals surface area contributed by atoms with E-state index in [1.165, 1.54) is 16.0 Å². The van der Waals surface area contributed by atoms with Gasteiger partial charge in [0.2, 0.25) is 5.78 Å². The van der Waals surface area contributed by atoms with Gasteiger partial charge in [0, 0.05) is 6.54 Å². The number of fused-ring (bicyclic) bond motifs is 3. The van der Waals surface area contributed by atoms with Crippen LogP contribution in [0.2, 0.25) is 0 Å². The molecule has 6 nitrogen and oxygen atoms in total. The third-order valence-electron chi connectivity index (χ3n) is 4.52. The van der Waals surface area contributed by atoms with E-state index in [1.807, 2.05) is 56.5 Å². The summed E-state index contributed by atoms with van der Waals surface area (Å²) in [5, 5.41) is 6.37. The third-order valence-corrected chi connectivity index (χ3v) is 5.41. The lowest BCUT2D eigenvalue weighted by atomic mass is 10.1. The first-order chi connectivity index (χ1) is 12.5. The molecule has 4 aromatic rings. The summed E-state index contributed by atoms with van der Waals surface area (Å²) in [5.41, 5.74) is 2.48. The van der Waals surface area contributed by atoms with Crippen molar-refractivity contribution < 1.29 is 0 Å². The zero-order chi connectivity index (χ0) is 18.4. The number of hydrogen-bond donors (Lipinski definition) is 0. The molecule has 3 heterocycles. The lowest BCUT2D eigenvalue weighted by Crippen LogP contribution is -2.27. The first-order valence-corrected chi connectivity index (χ1v) is 9.49. The van der Waals surface area contributed by atoms with Crippen molar-refractivity contribution in [1.82, 2.24) is 18.7 Å². The Morgan fingerprint density at radius 2 is 1.92 bits per heavy atom. The maximum Gasteiger partial charge on any atom is 0.352 e. The van der Waals surface area contributed by atoms with Crippen molar-refractivity contribution in [2.45, 2.75) is 33.9 Å². The maximum atomic E-state index is 13.1. The summed E-state index contributed by atoms with van der Waals surface area (Å²) in [6, 6.07) is 9.75. The highest BCUT2D eigenvalue weighted by molar-refractivity contribution is 7.17. The highest BCUT2D eigenvalue weighted by atomic mass is 32.1. The van der Waals surface area contributed by atoms with Crippen LogP contribution in [0.4, 0.5) is 0 Å². The average Bonchev–Trinajstić information content (AvgIpc) is 3.19. The monoisotopic (exact) mass is 368 g/mol. The second-order valence-corrected chi connectivity index (χ2v) is 7.86. The highest BCUT2D eigenvalue weighted by Gasteiger charge is 2.19. The van der Waals surface area contributed by atoms with E-state index in [0.29, 0.717) is 29.1 Å². The van der Waals surface area contributed by atoms with Crippen LogP contribution in [-0.4, -0.2) is 18.7 Å². The Bertz CT molecular complexity index is 1230. The van der Waals surface area contributed by atoms with Gasteiger partial charge in [-0.1, -0.05) is 38.1 Å². The van der Waals surface area contributed by atoms with Gasteiger partial charge in [-0.05, 0) is 35.4 Å². The second kappa shape index (κ2) is 6.25. The van der Waals surface area contributed by atoms with Crippen LogP contribution in [0.3, 0.4) is 0 Å². The predicted molar refractivity (Wildman–Crippen MR) is 104 cm³/mol. The van der Waals surface area contributed by atoms with Crippen molar-refractivity contribution in [1.29, 1.82) is 0 Å². The number of nitrogens with zero attached hydrogens (tertiary/aromatic N) is 4. The van der Waals surface area contributed by atoms with Crippen molar-refractivity contribution in [3.63, 3.8) is 0 Å². The Morgan fingerprint density at radius 1 is 1.15 bits per heavy atom. The lowest BCUT2D eigenvalue weighted by Gasteiger charge is -2.09. The quantitative estimate of drug-likeness (QED) is 0.556. The number of benzene rings is 1. The summed E-state index contributed by atoms with van der Waals surface area (Å²) in [6.07, 6.45) is 0. The molecular formula is C19H20N4O2S. The summed E-state index contributed by atoms with van der Waals surface area (Å²) in [5.74, 6) is 0.679. The summed E-state index contributed by atoms with van der Waals surface area (Å²) >= 11 is 1.36. The normalized spacial score (nSPS) is 11.8. The Balaban J connectivity index is 2.00. The molecule has 7 heteroatoms. The van der Waals surface area contributed by atoms with Gasteiger partial charge >= 0.3 is 5.69 Å². The molecule has 0 N–H and O–H groups in total. The fourth-order valence-corrected chi connectivity index (χ4v) is 4.04. The van der Waals surface area contributed by atoms with Crippen LogP contribution < -0.4 is 11.2 Å². The van der Waals surface area contributed by atoms with Crippen LogP contribution in [0.25, 0.3) is 16.0 Å². The van der Waals surface area contributed by atoms with E-state index in [2.05, 4.69) is 5.10 Å². The van der Waals surface area contributed by atoms with Gasteiger partial charge in [0.25, 0.3) is 5.56 Å². The van der Waals surface area contributed by atoms with Crippen LogP contribution in [0.5, 0.6) is 0 Å². The zero-order valence-electron chi connectivity index (χ0n) is 15.0. The molecule has 134 valence electrons. The third kappa shape index (κ3) is 2.59. The molecule has 0 amide bonds. The van der Waals surface area contributed by atoms with E-state index in [9.17, 15) is 9.59 Å². The van der Waals surface area contributed by atoms with E-state index in [4.69, 9.17) is 0 Å². The molecule has 0 radical (unpaired) electrons. The standard InChI is InChI=1S/C19H20N4O2S/c1-12(2)10-21-17(24)16-15(8-9-26-16)23-18(21)20-22(19(23)25)11-14-7-5-4-6-13(14)3/h4-9,12H,10-11H2,1-3H3. The topological polar surface area (TPSA) is 61.3 Å². The predicted octanol–water partition coefficient (Wildman–Crippen LogP) is 2.89. The summed E-state index contributed by atoms with van der Waals surface area (Å²) in [7, 11) is 0. The first kappa shape index (κ1) is 16.8. The molecule has 0 aliphatic rings. The number of aromatic nitrogens is 4. The SMILES string of the molecule is Cc1ccccc1Cn1nc2n(CC(C)C)c(=O)c3sccc3n2c1=O. The largest absolute Gasteiger partial charge is 0.352 e. The molecule has 0 bridgehead atoms. The van der Waals surface area contributed by atoms with Gasteiger partial charge in [0.05, 0.1) is 12.1 Å². The minimum Gasteiger partial charge on any atom is -0.275 e. The van der Waals surface area contributed by atoms with Crippen LogP contribution in [-0.2, 0) is 13.1 Å².